The summed E-state index contributed by atoms with van der Waals surface area (Å²) >= 11 is 0. The fraction of sp³-hybridized carbons (Fsp3) is 0.591. The van der Waals surface area contributed by atoms with E-state index in [1.54, 1.807) is 34.6 Å². The molecule has 32 heavy (non-hydrogen) atoms. The second-order valence-corrected chi connectivity index (χ2v) is 8.76. The summed E-state index contributed by atoms with van der Waals surface area (Å²) in [6.07, 6.45) is -0.413. The van der Waals surface area contributed by atoms with Crippen LogP contribution in [-0.4, -0.2) is 58.8 Å². The summed E-state index contributed by atoms with van der Waals surface area (Å²) < 4.78 is 16.2. The molecule has 4 atom stereocenters. The molecule has 2 rings (SSSR count). The number of pyridine rings is 1. The van der Waals surface area contributed by atoms with Gasteiger partial charge in [0.2, 0.25) is 0 Å². The van der Waals surface area contributed by atoms with Crippen molar-refractivity contribution in [3.63, 3.8) is 0 Å². The molecule has 2 N–H and O–H groups in total. The van der Waals surface area contributed by atoms with E-state index in [0.717, 1.165) is 0 Å². The standard InChI is InChI=1S/C22H30N2O8/c1-7-13-17(32-21(29)22(4,5)6)12(3)31-20(28)14(10-30-19(13)27)24-18(26)15-16(25)11(2)8-9-23-15/h8-9,12-14,17,25H,7,10H2,1-6H3,(H,24,26)/t12-,13+,14-,17-/m0/s1. The number of hydrogen-bond acceptors (Lipinski definition) is 9. The Morgan fingerprint density at radius 2 is 1.94 bits per heavy atom. The maximum Gasteiger partial charge on any atom is 0.332 e. The van der Waals surface area contributed by atoms with Crippen molar-refractivity contribution >= 4 is 23.8 Å². The molecular weight excluding hydrogens is 420 g/mol. The maximum absolute atomic E-state index is 12.7. The van der Waals surface area contributed by atoms with Crippen molar-refractivity contribution in [1.82, 2.24) is 10.3 Å². The van der Waals surface area contributed by atoms with Gasteiger partial charge in [-0.2, -0.15) is 0 Å². The van der Waals surface area contributed by atoms with Crippen molar-refractivity contribution in [3.05, 3.63) is 23.5 Å². The molecule has 0 bridgehead atoms. The van der Waals surface area contributed by atoms with Gasteiger partial charge >= 0.3 is 17.9 Å². The van der Waals surface area contributed by atoms with Gasteiger partial charge in [-0.3, -0.25) is 14.4 Å². The summed E-state index contributed by atoms with van der Waals surface area (Å²) in [5.41, 5.74) is -0.680. The van der Waals surface area contributed by atoms with Crippen LogP contribution in [0.4, 0.5) is 0 Å². The number of aromatic nitrogens is 1. The molecule has 2 heterocycles. The Hall–Kier alpha value is -3.17. The molecule has 0 spiro atoms. The van der Waals surface area contributed by atoms with Gasteiger partial charge in [0.25, 0.3) is 5.91 Å². The number of aryl methyl sites for hydroxylation is 1. The van der Waals surface area contributed by atoms with Gasteiger partial charge < -0.3 is 24.6 Å². The van der Waals surface area contributed by atoms with Crippen LogP contribution in [0.1, 0.15) is 57.1 Å². The van der Waals surface area contributed by atoms with Crippen LogP contribution in [0.15, 0.2) is 12.3 Å². The number of esters is 3. The minimum atomic E-state index is -1.34. The summed E-state index contributed by atoms with van der Waals surface area (Å²) in [7, 11) is 0. The Kier molecular flexibility index (Phi) is 7.82. The van der Waals surface area contributed by atoms with E-state index in [9.17, 15) is 24.3 Å². The third kappa shape index (κ3) is 5.74. The maximum atomic E-state index is 12.7. The van der Waals surface area contributed by atoms with Gasteiger partial charge in [-0.15, -0.1) is 0 Å². The van der Waals surface area contributed by atoms with E-state index in [2.05, 4.69) is 10.3 Å². The van der Waals surface area contributed by atoms with Crippen LogP contribution in [0, 0.1) is 18.3 Å². The van der Waals surface area contributed by atoms with Crippen LogP contribution < -0.4 is 5.32 Å². The van der Waals surface area contributed by atoms with E-state index in [1.807, 2.05) is 0 Å². The third-order valence-corrected chi connectivity index (χ3v) is 5.08. The van der Waals surface area contributed by atoms with Crippen LogP contribution in [0.5, 0.6) is 5.75 Å². The highest BCUT2D eigenvalue weighted by Gasteiger charge is 2.42. The molecule has 0 radical (unpaired) electrons. The summed E-state index contributed by atoms with van der Waals surface area (Å²) in [6, 6.07) is 0.179. The van der Waals surface area contributed by atoms with E-state index in [-0.39, 0.29) is 17.9 Å². The van der Waals surface area contributed by atoms with E-state index in [4.69, 9.17) is 14.2 Å². The van der Waals surface area contributed by atoms with E-state index in [1.165, 1.54) is 19.2 Å². The molecule has 1 aliphatic heterocycles. The summed E-state index contributed by atoms with van der Waals surface area (Å²) in [5.74, 6) is -4.13. The molecule has 10 nitrogen and oxygen atoms in total. The minimum absolute atomic E-state index is 0.277. The monoisotopic (exact) mass is 450 g/mol. The molecule has 0 aromatic carbocycles. The number of hydrogen-bond donors (Lipinski definition) is 2. The zero-order valence-corrected chi connectivity index (χ0v) is 19.1. The first-order valence-corrected chi connectivity index (χ1v) is 10.4. The van der Waals surface area contributed by atoms with Crippen molar-refractivity contribution < 1.29 is 38.5 Å². The minimum Gasteiger partial charge on any atom is -0.505 e. The zero-order chi connectivity index (χ0) is 24.2. The van der Waals surface area contributed by atoms with Crippen LogP contribution in [0.3, 0.4) is 0 Å². The average Bonchev–Trinajstić information content (AvgIpc) is 2.74. The second-order valence-electron chi connectivity index (χ2n) is 8.76. The number of nitrogens with zero attached hydrogens (tertiary/aromatic N) is 1. The first kappa shape index (κ1) is 25.1. The molecule has 1 amide bonds. The lowest BCUT2D eigenvalue weighted by molar-refractivity contribution is -0.180. The SMILES string of the molecule is CC[C@H]1C(=O)OC[C@H](NC(=O)c2nccc(C)c2O)C(=O)O[C@@H](C)[C@@H]1OC(=O)C(C)(C)C. The third-order valence-electron chi connectivity index (χ3n) is 5.08. The predicted molar refractivity (Wildman–Crippen MR) is 112 cm³/mol. The molecule has 10 heteroatoms. The number of carbonyl (C=O) groups excluding carboxylic acids is 4. The van der Waals surface area contributed by atoms with Gasteiger partial charge in [0.15, 0.2) is 17.8 Å². The lowest BCUT2D eigenvalue weighted by Crippen LogP contribution is -2.47. The van der Waals surface area contributed by atoms with Gasteiger partial charge in [-0.25, -0.2) is 9.78 Å². The van der Waals surface area contributed by atoms with Crippen molar-refractivity contribution in [2.45, 2.75) is 66.2 Å². The van der Waals surface area contributed by atoms with Gasteiger partial charge in [-0.05, 0) is 52.7 Å². The fourth-order valence-corrected chi connectivity index (χ4v) is 3.06. The van der Waals surface area contributed by atoms with E-state index in [0.29, 0.717) is 5.56 Å². The number of amides is 1. The van der Waals surface area contributed by atoms with Crippen molar-refractivity contribution in [3.8, 4) is 5.75 Å². The molecule has 1 aromatic heterocycles. The van der Waals surface area contributed by atoms with E-state index < -0.39 is 60.0 Å². The number of cyclic esters (lactones) is 2. The molecule has 0 aliphatic carbocycles. The molecule has 1 aliphatic rings. The van der Waals surface area contributed by atoms with Gasteiger partial charge in [-0.1, -0.05) is 6.92 Å². The molecule has 1 saturated heterocycles. The van der Waals surface area contributed by atoms with Crippen LogP contribution in [0.25, 0.3) is 0 Å². The van der Waals surface area contributed by atoms with E-state index >= 15 is 0 Å². The van der Waals surface area contributed by atoms with Crippen LogP contribution in [-0.2, 0) is 28.6 Å². The molecule has 0 saturated carbocycles. The normalized spacial score (nSPS) is 24.3. The van der Waals surface area contributed by atoms with Gasteiger partial charge in [0, 0.05) is 6.20 Å². The fourth-order valence-electron chi connectivity index (χ4n) is 3.06. The van der Waals surface area contributed by atoms with Crippen molar-refractivity contribution in [2.24, 2.45) is 11.3 Å². The highest BCUT2D eigenvalue weighted by Crippen LogP contribution is 2.26. The average molecular weight is 450 g/mol. The second kappa shape index (κ2) is 9.97. The van der Waals surface area contributed by atoms with Crippen LogP contribution in [0.2, 0.25) is 0 Å². The topological polar surface area (TPSA) is 141 Å². The molecule has 1 aromatic rings. The number of ether oxygens (including phenoxy) is 3. The Morgan fingerprint density at radius 1 is 1.28 bits per heavy atom. The Morgan fingerprint density at radius 3 is 2.53 bits per heavy atom. The Bertz CT molecular complexity index is 892. The number of rotatable bonds is 4. The van der Waals surface area contributed by atoms with Gasteiger partial charge in [0.1, 0.15) is 18.5 Å². The largest absolute Gasteiger partial charge is 0.505 e. The number of nitrogens with one attached hydrogen (secondary N) is 1. The first-order chi connectivity index (χ1) is 14.9. The Labute approximate surface area is 186 Å². The Balaban J connectivity index is 2.26. The highest BCUT2D eigenvalue weighted by molar-refractivity contribution is 5.97. The first-order valence-electron chi connectivity index (χ1n) is 10.4. The smallest absolute Gasteiger partial charge is 0.332 e. The quantitative estimate of drug-likeness (QED) is 0.517. The lowest BCUT2D eigenvalue weighted by atomic mass is 9.93. The lowest BCUT2D eigenvalue weighted by Gasteiger charge is -2.30. The highest BCUT2D eigenvalue weighted by atomic mass is 16.6. The number of carbonyl (C=O) groups is 4. The zero-order valence-electron chi connectivity index (χ0n) is 19.1. The molecule has 176 valence electrons. The molecule has 1 fully saturated rings. The summed E-state index contributed by atoms with van der Waals surface area (Å²) in [4.78, 5) is 54.3. The predicted octanol–water partition coefficient (Wildman–Crippen LogP) is 1.67. The van der Waals surface area contributed by atoms with Gasteiger partial charge in [0.05, 0.1) is 11.3 Å². The van der Waals surface area contributed by atoms with Crippen LogP contribution >= 0.6 is 0 Å². The summed E-state index contributed by atoms with van der Waals surface area (Å²) in [6.45, 7) is 9.34. The number of aromatic hydroxyl groups is 1. The van der Waals surface area contributed by atoms with Crippen molar-refractivity contribution in [1.29, 1.82) is 0 Å². The molecular formula is C22H30N2O8. The summed E-state index contributed by atoms with van der Waals surface area (Å²) in [5, 5.41) is 12.5. The molecule has 0 unspecified atom stereocenters. The van der Waals surface area contributed by atoms with Crippen molar-refractivity contribution in [2.75, 3.05) is 6.61 Å².